The van der Waals surface area contributed by atoms with Crippen LogP contribution in [0.4, 0.5) is 0 Å². The summed E-state index contributed by atoms with van der Waals surface area (Å²) in [5.74, 6) is -0.203. The highest BCUT2D eigenvalue weighted by atomic mass is 16.2. The van der Waals surface area contributed by atoms with Gasteiger partial charge in [0.1, 0.15) is 6.33 Å². The first kappa shape index (κ1) is 10.6. The van der Waals surface area contributed by atoms with Gasteiger partial charge >= 0.3 is 0 Å². The maximum Gasteiger partial charge on any atom is 0.255 e. The van der Waals surface area contributed by atoms with Crippen molar-refractivity contribution < 1.29 is 4.79 Å². The second-order valence-electron chi connectivity index (χ2n) is 3.59. The van der Waals surface area contributed by atoms with Crippen LogP contribution >= 0.6 is 0 Å². The van der Waals surface area contributed by atoms with Gasteiger partial charge in [-0.3, -0.25) is 10.2 Å². The summed E-state index contributed by atoms with van der Waals surface area (Å²) in [5.41, 5.74) is 10.0. The Morgan fingerprint density at radius 3 is 3.06 bits per heavy atom. The molecule has 1 amide bonds. The molecule has 84 valence electrons. The molecule has 5 nitrogen and oxygen atoms in total. The van der Waals surface area contributed by atoms with Crippen molar-refractivity contribution in [3.8, 4) is 0 Å². The van der Waals surface area contributed by atoms with Gasteiger partial charge in [0.05, 0.1) is 17.1 Å². The third-order valence-corrected chi connectivity index (χ3v) is 2.46. The van der Waals surface area contributed by atoms with Crippen LogP contribution in [-0.4, -0.2) is 21.6 Å². The number of fused-ring (bicyclic) bond motifs is 1. The van der Waals surface area contributed by atoms with Gasteiger partial charge in [-0.2, -0.15) is 0 Å². The van der Waals surface area contributed by atoms with Crippen LogP contribution in [0.25, 0.3) is 11.0 Å². The van der Waals surface area contributed by atoms with Gasteiger partial charge in [0.2, 0.25) is 0 Å². The molecule has 2 aromatic rings. The maximum atomic E-state index is 11.6. The molecule has 1 aromatic carbocycles. The second kappa shape index (κ2) is 4.32. The Kier molecular flexibility index (Phi) is 2.87. The van der Waals surface area contributed by atoms with Crippen LogP contribution < -0.4 is 11.2 Å². The molecule has 2 rings (SSSR count). The van der Waals surface area contributed by atoms with Gasteiger partial charge in [0.25, 0.3) is 5.91 Å². The van der Waals surface area contributed by atoms with E-state index < -0.39 is 6.04 Å². The third-order valence-electron chi connectivity index (χ3n) is 2.46. The monoisotopic (exact) mass is 218 g/mol. The van der Waals surface area contributed by atoms with Gasteiger partial charge in [0, 0.05) is 0 Å². The van der Waals surface area contributed by atoms with E-state index in [1.54, 1.807) is 11.0 Å². The number of amides is 1. The molecule has 0 aliphatic carbocycles. The van der Waals surface area contributed by atoms with E-state index in [0.717, 1.165) is 11.0 Å². The number of nitrogens with one attached hydrogen (secondary N) is 1. The van der Waals surface area contributed by atoms with Crippen molar-refractivity contribution in [3.63, 3.8) is 0 Å². The van der Waals surface area contributed by atoms with E-state index in [9.17, 15) is 4.79 Å². The van der Waals surface area contributed by atoms with Gasteiger partial charge in [-0.05, 0) is 18.6 Å². The minimum atomic E-state index is -0.485. The van der Waals surface area contributed by atoms with Crippen LogP contribution in [0.5, 0.6) is 0 Å². The molecule has 1 atom stereocenters. The molecule has 0 saturated heterocycles. The molecule has 1 aromatic heterocycles. The van der Waals surface area contributed by atoms with Crippen LogP contribution in [0.3, 0.4) is 0 Å². The number of hydrogen-bond donors (Lipinski definition) is 2. The van der Waals surface area contributed by atoms with Crippen molar-refractivity contribution in [3.05, 3.63) is 30.6 Å². The summed E-state index contributed by atoms with van der Waals surface area (Å²) in [6.07, 6.45) is 2.18. The molecule has 0 fully saturated rings. The number of rotatable bonds is 3. The molecule has 0 aliphatic heterocycles. The highest BCUT2D eigenvalue weighted by Crippen LogP contribution is 2.09. The van der Waals surface area contributed by atoms with Gasteiger partial charge in [-0.1, -0.05) is 19.1 Å². The summed E-state index contributed by atoms with van der Waals surface area (Å²) in [6, 6.07) is 7.09. The Balaban J connectivity index is 2.25. The van der Waals surface area contributed by atoms with Gasteiger partial charge in [-0.15, -0.1) is 0 Å². The minimum absolute atomic E-state index is 0.203. The van der Waals surface area contributed by atoms with E-state index in [1.807, 2.05) is 31.2 Å². The molecule has 0 bridgehead atoms. The topological polar surface area (TPSA) is 72.9 Å². The Labute approximate surface area is 93.2 Å². The van der Waals surface area contributed by atoms with Crippen molar-refractivity contribution in [2.75, 3.05) is 5.43 Å². The number of hydrogen-bond acceptors (Lipinski definition) is 3. The van der Waals surface area contributed by atoms with E-state index in [2.05, 4.69) is 10.4 Å². The normalized spacial score (nSPS) is 12.6. The second-order valence-corrected chi connectivity index (χ2v) is 3.59. The summed E-state index contributed by atoms with van der Waals surface area (Å²) in [5, 5.41) is 0. The minimum Gasteiger partial charge on any atom is -0.320 e. The third kappa shape index (κ3) is 1.90. The largest absolute Gasteiger partial charge is 0.320 e. The number of aromatic nitrogens is 2. The average molecular weight is 218 g/mol. The highest BCUT2D eigenvalue weighted by molar-refractivity contribution is 5.90. The van der Waals surface area contributed by atoms with E-state index in [4.69, 9.17) is 5.73 Å². The Bertz CT molecular complexity index is 505. The first-order valence-electron chi connectivity index (χ1n) is 5.21. The molecule has 0 aliphatic rings. The number of carbonyl (C=O) groups excluding carboxylic acids is 1. The van der Waals surface area contributed by atoms with Crippen LogP contribution in [-0.2, 0) is 4.79 Å². The molecule has 16 heavy (non-hydrogen) atoms. The molecule has 3 N–H and O–H groups in total. The lowest BCUT2D eigenvalue weighted by Gasteiger charge is -2.10. The first-order chi connectivity index (χ1) is 7.72. The molecule has 0 saturated carbocycles. The predicted octanol–water partition coefficient (Wildman–Crippen LogP) is 0.844. The number of para-hydroxylation sites is 2. The number of nitrogens with zero attached hydrogens (tertiary/aromatic N) is 2. The lowest BCUT2D eigenvalue weighted by Crippen LogP contribution is -2.38. The van der Waals surface area contributed by atoms with E-state index >= 15 is 0 Å². The zero-order chi connectivity index (χ0) is 11.5. The number of carbonyl (C=O) groups is 1. The Morgan fingerprint density at radius 1 is 1.56 bits per heavy atom. The van der Waals surface area contributed by atoms with Crippen LogP contribution in [0.1, 0.15) is 13.3 Å². The Hall–Kier alpha value is -1.88. The quantitative estimate of drug-likeness (QED) is 0.802. The van der Waals surface area contributed by atoms with Gasteiger partial charge < -0.3 is 5.73 Å². The van der Waals surface area contributed by atoms with Crippen molar-refractivity contribution in [2.45, 2.75) is 19.4 Å². The summed E-state index contributed by atoms with van der Waals surface area (Å²) < 4.78 is 1.59. The van der Waals surface area contributed by atoms with Crippen molar-refractivity contribution in [1.82, 2.24) is 9.66 Å². The van der Waals surface area contributed by atoms with Crippen molar-refractivity contribution in [2.24, 2.45) is 5.73 Å². The molecule has 1 heterocycles. The lowest BCUT2D eigenvalue weighted by atomic mass is 10.2. The van der Waals surface area contributed by atoms with Crippen LogP contribution in [0.2, 0.25) is 0 Å². The fourth-order valence-corrected chi connectivity index (χ4v) is 1.44. The predicted molar refractivity (Wildman–Crippen MR) is 62.4 cm³/mol. The van der Waals surface area contributed by atoms with Crippen molar-refractivity contribution >= 4 is 16.9 Å². The highest BCUT2D eigenvalue weighted by Gasteiger charge is 2.11. The van der Waals surface area contributed by atoms with Crippen LogP contribution in [0.15, 0.2) is 30.6 Å². The van der Waals surface area contributed by atoms with E-state index in [-0.39, 0.29) is 5.91 Å². The summed E-state index contributed by atoms with van der Waals surface area (Å²) >= 11 is 0. The first-order valence-corrected chi connectivity index (χ1v) is 5.21. The number of benzene rings is 1. The van der Waals surface area contributed by atoms with E-state index in [1.165, 1.54) is 0 Å². The molecular weight excluding hydrogens is 204 g/mol. The standard InChI is InChI=1S/C11H14N4O/c1-2-8(12)11(16)14-15-7-13-9-5-3-4-6-10(9)15/h3-8H,2,12H2,1H3,(H,14,16). The zero-order valence-electron chi connectivity index (χ0n) is 9.05. The fourth-order valence-electron chi connectivity index (χ4n) is 1.44. The van der Waals surface area contributed by atoms with Crippen LogP contribution in [0, 0.1) is 0 Å². The number of nitrogens with two attached hydrogens (primary N) is 1. The van der Waals surface area contributed by atoms with E-state index in [0.29, 0.717) is 6.42 Å². The number of imidazole rings is 1. The smallest absolute Gasteiger partial charge is 0.255 e. The SMILES string of the molecule is CCC(N)C(=O)Nn1cnc2ccccc21. The summed E-state index contributed by atoms with van der Waals surface area (Å²) in [6.45, 7) is 1.87. The van der Waals surface area contributed by atoms with Gasteiger partial charge in [0.15, 0.2) is 0 Å². The molecule has 0 radical (unpaired) electrons. The summed E-state index contributed by atoms with van der Waals surface area (Å²) in [4.78, 5) is 15.8. The Morgan fingerprint density at radius 2 is 2.31 bits per heavy atom. The fraction of sp³-hybridized carbons (Fsp3) is 0.273. The summed E-state index contributed by atoms with van der Waals surface area (Å²) in [7, 11) is 0. The molecule has 1 unspecified atom stereocenters. The molecule has 0 spiro atoms. The van der Waals surface area contributed by atoms with Gasteiger partial charge in [-0.25, -0.2) is 9.66 Å². The molecular formula is C11H14N4O. The van der Waals surface area contributed by atoms with Crippen molar-refractivity contribution in [1.29, 1.82) is 0 Å². The average Bonchev–Trinajstić information content (AvgIpc) is 2.72. The molecule has 5 heteroatoms. The maximum absolute atomic E-state index is 11.6. The zero-order valence-corrected chi connectivity index (χ0v) is 9.05. The lowest BCUT2D eigenvalue weighted by molar-refractivity contribution is -0.118.